The molecule has 0 spiro atoms. The minimum absolute atomic E-state index is 0.123. The molecule has 3 aromatic rings. The highest BCUT2D eigenvalue weighted by atomic mass is 35.5. The van der Waals surface area contributed by atoms with Gasteiger partial charge in [-0.2, -0.15) is 0 Å². The van der Waals surface area contributed by atoms with E-state index in [1.807, 2.05) is 12.1 Å². The average molecular weight is 451 g/mol. The molecule has 0 atom stereocenters. The third-order valence-electron chi connectivity index (χ3n) is 6.68. The van der Waals surface area contributed by atoms with Crippen molar-refractivity contribution in [3.05, 3.63) is 70.3 Å². The SMILES string of the molecule is CC(C)(C)c1cccc(O[C@H]2CC[C@H](c3nnc4n3-c3ccc(Cl)cc3CNC4)CC2)c1. The van der Waals surface area contributed by atoms with E-state index in [4.69, 9.17) is 16.3 Å². The monoisotopic (exact) mass is 450 g/mol. The number of nitrogens with zero attached hydrogens (tertiary/aromatic N) is 3. The molecule has 1 aliphatic carbocycles. The molecule has 5 rings (SSSR count). The van der Waals surface area contributed by atoms with Gasteiger partial charge in [0.1, 0.15) is 11.6 Å². The Balaban J connectivity index is 1.31. The standard InChI is InChI=1S/C26H31ClN4O/c1-26(2,3)19-5-4-6-22(14-19)32-21-10-7-17(8-11-21)25-30-29-24-16-28-15-18-13-20(27)9-12-23(18)31(24)25/h4-6,9,12-14,17,21,28H,7-8,10-11,15-16H2,1-3H3/t17-,21-. The van der Waals surface area contributed by atoms with E-state index in [0.29, 0.717) is 12.5 Å². The summed E-state index contributed by atoms with van der Waals surface area (Å²) in [6.45, 7) is 8.20. The molecule has 32 heavy (non-hydrogen) atoms. The Hall–Kier alpha value is -2.37. The number of ether oxygens (including phenoxy) is 1. The van der Waals surface area contributed by atoms with Gasteiger partial charge in [-0.05, 0) is 72.6 Å². The van der Waals surface area contributed by atoms with Crippen LogP contribution in [0.4, 0.5) is 0 Å². The van der Waals surface area contributed by atoms with Crippen LogP contribution < -0.4 is 10.1 Å². The number of rotatable bonds is 3. The minimum Gasteiger partial charge on any atom is -0.490 e. The molecule has 1 fully saturated rings. The summed E-state index contributed by atoms with van der Waals surface area (Å²) < 4.78 is 8.65. The summed E-state index contributed by atoms with van der Waals surface area (Å²) in [4.78, 5) is 0. The summed E-state index contributed by atoms with van der Waals surface area (Å²) in [6.07, 6.45) is 4.41. The number of halogens is 1. The second kappa shape index (κ2) is 8.53. The van der Waals surface area contributed by atoms with Crippen LogP contribution >= 0.6 is 11.6 Å². The molecule has 2 aromatic carbocycles. The number of hydrogen-bond donors (Lipinski definition) is 1. The summed E-state index contributed by atoms with van der Waals surface area (Å²) >= 11 is 6.25. The molecule has 1 saturated carbocycles. The number of aromatic nitrogens is 3. The summed E-state index contributed by atoms with van der Waals surface area (Å²) in [5.74, 6) is 3.41. The first-order valence-electron chi connectivity index (χ1n) is 11.6. The smallest absolute Gasteiger partial charge is 0.151 e. The Labute approximate surface area is 195 Å². The van der Waals surface area contributed by atoms with E-state index >= 15 is 0 Å². The van der Waals surface area contributed by atoms with Gasteiger partial charge in [0.25, 0.3) is 0 Å². The average Bonchev–Trinajstić information content (AvgIpc) is 3.09. The first-order chi connectivity index (χ1) is 15.4. The van der Waals surface area contributed by atoms with Crippen molar-refractivity contribution in [3.63, 3.8) is 0 Å². The fourth-order valence-electron chi connectivity index (χ4n) is 4.86. The van der Waals surface area contributed by atoms with Crippen molar-refractivity contribution in [2.45, 2.75) is 77.0 Å². The van der Waals surface area contributed by atoms with Gasteiger partial charge in [0.2, 0.25) is 0 Å². The molecule has 168 valence electrons. The molecule has 2 heterocycles. The lowest BCUT2D eigenvalue weighted by Crippen LogP contribution is -2.25. The van der Waals surface area contributed by atoms with Gasteiger partial charge in [0.05, 0.1) is 18.3 Å². The van der Waals surface area contributed by atoms with Gasteiger partial charge in [0, 0.05) is 17.5 Å². The van der Waals surface area contributed by atoms with E-state index in [0.717, 1.165) is 60.3 Å². The van der Waals surface area contributed by atoms with Crippen molar-refractivity contribution >= 4 is 11.6 Å². The van der Waals surface area contributed by atoms with Gasteiger partial charge in [-0.3, -0.25) is 4.57 Å². The zero-order valence-corrected chi connectivity index (χ0v) is 19.8. The molecule has 6 heteroatoms. The molecule has 5 nitrogen and oxygen atoms in total. The number of nitrogens with one attached hydrogen (secondary N) is 1. The molecule has 0 saturated heterocycles. The van der Waals surface area contributed by atoms with E-state index in [-0.39, 0.29) is 11.5 Å². The summed E-state index contributed by atoms with van der Waals surface area (Å²) in [6, 6.07) is 14.6. The highest BCUT2D eigenvalue weighted by molar-refractivity contribution is 6.30. The maximum absolute atomic E-state index is 6.39. The normalized spacial score (nSPS) is 20.9. The molecule has 1 N–H and O–H groups in total. The molecule has 0 amide bonds. The predicted octanol–water partition coefficient (Wildman–Crippen LogP) is 5.93. The highest BCUT2D eigenvalue weighted by Crippen LogP contribution is 2.37. The maximum Gasteiger partial charge on any atom is 0.151 e. The summed E-state index contributed by atoms with van der Waals surface area (Å²) in [5.41, 5.74) is 3.76. The quantitative estimate of drug-likeness (QED) is 0.537. The van der Waals surface area contributed by atoms with Crippen molar-refractivity contribution in [1.29, 1.82) is 0 Å². The highest BCUT2D eigenvalue weighted by Gasteiger charge is 2.30. The van der Waals surface area contributed by atoms with Crippen LogP contribution in [0.2, 0.25) is 5.02 Å². The van der Waals surface area contributed by atoms with Crippen LogP contribution in [-0.4, -0.2) is 20.9 Å². The Bertz CT molecular complexity index is 1110. The third-order valence-corrected chi connectivity index (χ3v) is 6.91. The van der Waals surface area contributed by atoms with E-state index in [1.165, 1.54) is 11.1 Å². The lowest BCUT2D eigenvalue weighted by atomic mass is 9.86. The fourth-order valence-corrected chi connectivity index (χ4v) is 5.06. The first-order valence-corrected chi connectivity index (χ1v) is 12.0. The second-order valence-electron chi connectivity index (χ2n) is 10.1. The van der Waals surface area contributed by atoms with E-state index in [2.05, 4.69) is 71.2 Å². The topological polar surface area (TPSA) is 52.0 Å². The molecular weight excluding hydrogens is 420 g/mol. The Morgan fingerprint density at radius 1 is 1.00 bits per heavy atom. The summed E-state index contributed by atoms with van der Waals surface area (Å²) in [7, 11) is 0. The zero-order chi connectivity index (χ0) is 22.3. The fraction of sp³-hybridized carbons (Fsp3) is 0.462. The minimum atomic E-state index is 0.123. The van der Waals surface area contributed by atoms with Gasteiger partial charge >= 0.3 is 0 Å². The van der Waals surface area contributed by atoms with Crippen LogP contribution in [0.5, 0.6) is 5.75 Å². The Morgan fingerprint density at radius 3 is 2.59 bits per heavy atom. The number of fused-ring (bicyclic) bond motifs is 3. The van der Waals surface area contributed by atoms with Crippen LogP contribution in [0.15, 0.2) is 42.5 Å². The van der Waals surface area contributed by atoms with Gasteiger partial charge in [0.15, 0.2) is 5.82 Å². The van der Waals surface area contributed by atoms with Gasteiger partial charge in [-0.25, -0.2) is 0 Å². The Kier molecular flexibility index (Phi) is 5.72. The van der Waals surface area contributed by atoms with Gasteiger partial charge in [-0.15, -0.1) is 10.2 Å². The van der Waals surface area contributed by atoms with Crippen LogP contribution in [0.1, 0.15) is 75.1 Å². The molecule has 1 aromatic heterocycles. The lowest BCUT2D eigenvalue weighted by Gasteiger charge is -2.29. The van der Waals surface area contributed by atoms with Gasteiger partial charge < -0.3 is 10.1 Å². The molecular formula is C26H31ClN4O. The Morgan fingerprint density at radius 2 is 1.81 bits per heavy atom. The second-order valence-corrected chi connectivity index (χ2v) is 10.5. The molecule has 0 unspecified atom stereocenters. The largest absolute Gasteiger partial charge is 0.490 e. The van der Waals surface area contributed by atoms with Gasteiger partial charge in [-0.1, -0.05) is 44.5 Å². The molecule has 1 aliphatic heterocycles. The first kappa shape index (κ1) is 21.5. The van der Waals surface area contributed by atoms with Crippen LogP contribution in [-0.2, 0) is 18.5 Å². The van der Waals surface area contributed by atoms with Crippen molar-refractivity contribution in [2.24, 2.45) is 0 Å². The van der Waals surface area contributed by atoms with Crippen molar-refractivity contribution in [2.75, 3.05) is 0 Å². The van der Waals surface area contributed by atoms with E-state index in [1.54, 1.807) is 0 Å². The third kappa shape index (κ3) is 4.28. The van der Waals surface area contributed by atoms with Crippen molar-refractivity contribution < 1.29 is 4.74 Å². The number of hydrogen-bond acceptors (Lipinski definition) is 4. The summed E-state index contributed by atoms with van der Waals surface area (Å²) in [5, 5.41) is 13.4. The predicted molar refractivity (Wildman–Crippen MR) is 128 cm³/mol. The van der Waals surface area contributed by atoms with Crippen molar-refractivity contribution in [3.8, 4) is 11.4 Å². The van der Waals surface area contributed by atoms with Crippen LogP contribution in [0, 0.1) is 0 Å². The van der Waals surface area contributed by atoms with Crippen LogP contribution in [0.3, 0.4) is 0 Å². The molecule has 0 bridgehead atoms. The molecule has 2 aliphatic rings. The molecule has 0 radical (unpaired) electrons. The number of benzene rings is 2. The van der Waals surface area contributed by atoms with E-state index in [9.17, 15) is 0 Å². The maximum atomic E-state index is 6.39. The van der Waals surface area contributed by atoms with Crippen LogP contribution in [0.25, 0.3) is 5.69 Å². The van der Waals surface area contributed by atoms with E-state index < -0.39 is 0 Å². The lowest BCUT2D eigenvalue weighted by molar-refractivity contribution is 0.144. The zero-order valence-electron chi connectivity index (χ0n) is 19.1. The van der Waals surface area contributed by atoms with Crippen molar-refractivity contribution in [1.82, 2.24) is 20.1 Å².